The molecule has 2 N–H and O–H groups in total. The fourth-order valence-electron chi connectivity index (χ4n) is 2.74. The van der Waals surface area contributed by atoms with Crippen molar-refractivity contribution in [1.29, 1.82) is 0 Å². The maximum atomic E-state index is 14.3. The van der Waals surface area contributed by atoms with E-state index in [0.717, 1.165) is 17.7 Å². The number of hydrogen-bond acceptors (Lipinski definition) is 4. The summed E-state index contributed by atoms with van der Waals surface area (Å²) < 4.78 is 48.1. The zero-order valence-electron chi connectivity index (χ0n) is 16.6. The lowest BCUT2D eigenvalue weighted by Crippen LogP contribution is -2.46. The van der Waals surface area contributed by atoms with Gasteiger partial charge in [0.1, 0.15) is 16.8 Å². The van der Waals surface area contributed by atoms with Crippen LogP contribution in [-0.4, -0.2) is 27.0 Å². The molecule has 0 aliphatic carbocycles. The summed E-state index contributed by atoms with van der Waals surface area (Å²) in [7, 11) is -4.42. The van der Waals surface area contributed by atoms with Gasteiger partial charge in [0.2, 0.25) is 15.9 Å². The third-order valence-corrected chi connectivity index (χ3v) is 7.00. The number of amides is 1. The fourth-order valence-corrected chi connectivity index (χ4v) is 4.65. The molecule has 168 valence electrons. The van der Waals surface area contributed by atoms with E-state index in [-0.39, 0.29) is 22.7 Å². The SMILES string of the molecule is O=C(Nc1ccccc1)[C@@H](COCc1ccccc1)NS(=O)(=O)c1cc(Br)c(Cl)cc1F. The molecule has 3 rings (SSSR count). The fraction of sp³-hybridized carbons (Fsp3) is 0.136. The lowest BCUT2D eigenvalue weighted by Gasteiger charge is -2.19. The number of carbonyl (C=O) groups excluding carboxylic acids is 1. The van der Waals surface area contributed by atoms with E-state index in [4.69, 9.17) is 16.3 Å². The van der Waals surface area contributed by atoms with Gasteiger partial charge < -0.3 is 10.1 Å². The number of anilines is 1. The molecular weight excluding hydrogens is 523 g/mol. The van der Waals surface area contributed by atoms with Crippen molar-refractivity contribution in [1.82, 2.24) is 4.72 Å². The molecule has 0 fully saturated rings. The number of ether oxygens (including phenoxy) is 1. The molecule has 0 unspecified atom stereocenters. The number of hydrogen-bond donors (Lipinski definition) is 2. The number of halogens is 3. The Labute approximate surface area is 198 Å². The molecular formula is C22H19BrClFN2O4S. The van der Waals surface area contributed by atoms with Crippen LogP contribution in [0.2, 0.25) is 5.02 Å². The summed E-state index contributed by atoms with van der Waals surface area (Å²) in [4.78, 5) is 12.2. The summed E-state index contributed by atoms with van der Waals surface area (Å²) in [6.45, 7) is -0.109. The standard InChI is InChI=1S/C22H19BrClFN2O4S/c23-17-11-21(19(25)12-18(17)24)32(29,30)27-20(14-31-13-15-7-3-1-4-8-15)22(28)26-16-9-5-2-6-10-16/h1-12,20,27H,13-14H2,(H,26,28)/t20-/m1/s1. The van der Waals surface area contributed by atoms with Gasteiger partial charge in [-0.2, -0.15) is 4.72 Å². The van der Waals surface area contributed by atoms with Crippen molar-refractivity contribution < 1.29 is 22.3 Å². The van der Waals surface area contributed by atoms with Crippen LogP contribution in [0, 0.1) is 5.82 Å². The first-order valence-corrected chi connectivity index (χ1v) is 12.1. The van der Waals surface area contributed by atoms with Crippen LogP contribution >= 0.6 is 27.5 Å². The molecule has 1 amide bonds. The minimum absolute atomic E-state index is 0.0195. The molecule has 0 aliphatic rings. The summed E-state index contributed by atoms with van der Waals surface area (Å²) in [5.74, 6) is -1.70. The topological polar surface area (TPSA) is 84.5 Å². The molecule has 0 aliphatic heterocycles. The van der Waals surface area contributed by atoms with Crippen LogP contribution in [0.5, 0.6) is 0 Å². The molecule has 0 saturated carbocycles. The van der Waals surface area contributed by atoms with Gasteiger partial charge in [-0.3, -0.25) is 4.79 Å². The molecule has 6 nitrogen and oxygen atoms in total. The Morgan fingerprint density at radius 3 is 2.34 bits per heavy atom. The van der Waals surface area contributed by atoms with Crippen LogP contribution in [0.4, 0.5) is 10.1 Å². The third kappa shape index (κ3) is 6.60. The Bertz CT molecular complexity index is 1180. The van der Waals surface area contributed by atoms with Crippen LogP contribution in [0.15, 0.2) is 82.2 Å². The van der Waals surface area contributed by atoms with E-state index in [1.54, 1.807) is 30.3 Å². The Hall–Kier alpha value is -2.30. The highest BCUT2D eigenvalue weighted by Crippen LogP contribution is 2.28. The highest BCUT2D eigenvalue weighted by Gasteiger charge is 2.29. The highest BCUT2D eigenvalue weighted by atomic mass is 79.9. The lowest BCUT2D eigenvalue weighted by atomic mass is 10.2. The normalized spacial score (nSPS) is 12.3. The predicted octanol–water partition coefficient (Wildman–Crippen LogP) is 4.74. The monoisotopic (exact) mass is 540 g/mol. The summed E-state index contributed by atoms with van der Waals surface area (Å²) in [6, 6.07) is 18.3. The maximum absolute atomic E-state index is 14.3. The van der Waals surface area contributed by atoms with E-state index in [2.05, 4.69) is 26.0 Å². The maximum Gasteiger partial charge on any atom is 0.244 e. The van der Waals surface area contributed by atoms with E-state index in [1.807, 2.05) is 30.3 Å². The van der Waals surface area contributed by atoms with Crippen molar-refractivity contribution in [2.45, 2.75) is 17.5 Å². The first-order chi connectivity index (χ1) is 15.3. The van der Waals surface area contributed by atoms with Crippen LogP contribution in [-0.2, 0) is 26.2 Å². The highest BCUT2D eigenvalue weighted by molar-refractivity contribution is 9.10. The summed E-state index contributed by atoms with van der Waals surface area (Å²) in [5.41, 5.74) is 1.33. The van der Waals surface area contributed by atoms with E-state index >= 15 is 0 Å². The van der Waals surface area contributed by atoms with Gasteiger partial charge in [-0.05, 0) is 45.8 Å². The van der Waals surface area contributed by atoms with E-state index < -0.39 is 32.7 Å². The smallest absolute Gasteiger partial charge is 0.244 e. The number of rotatable bonds is 9. The summed E-state index contributed by atoms with van der Waals surface area (Å²) in [5, 5.41) is 2.65. The van der Waals surface area contributed by atoms with Crippen LogP contribution in [0.25, 0.3) is 0 Å². The van der Waals surface area contributed by atoms with Gasteiger partial charge in [0.05, 0.1) is 18.2 Å². The molecule has 32 heavy (non-hydrogen) atoms. The van der Waals surface area contributed by atoms with Crippen molar-refractivity contribution in [2.75, 3.05) is 11.9 Å². The lowest BCUT2D eigenvalue weighted by molar-refractivity contribution is -0.119. The van der Waals surface area contributed by atoms with E-state index in [1.165, 1.54) is 0 Å². The second-order valence-electron chi connectivity index (χ2n) is 6.73. The Morgan fingerprint density at radius 1 is 1.06 bits per heavy atom. The molecule has 1 atom stereocenters. The number of para-hydroxylation sites is 1. The molecule has 3 aromatic carbocycles. The molecule has 0 aromatic heterocycles. The van der Waals surface area contributed by atoms with Crippen molar-refractivity contribution >= 4 is 49.1 Å². The summed E-state index contributed by atoms with van der Waals surface area (Å²) in [6.07, 6.45) is 0. The Morgan fingerprint density at radius 2 is 1.69 bits per heavy atom. The minimum Gasteiger partial charge on any atom is -0.375 e. The van der Waals surface area contributed by atoms with Gasteiger partial charge in [-0.25, -0.2) is 12.8 Å². The second-order valence-corrected chi connectivity index (χ2v) is 9.67. The predicted molar refractivity (Wildman–Crippen MR) is 124 cm³/mol. The minimum atomic E-state index is -4.42. The van der Waals surface area contributed by atoms with E-state index in [0.29, 0.717) is 5.69 Å². The molecule has 0 saturated heterocycles. The van der Waals surface area contributed by atoms with Gasteiger partial charge in [0.25, 0.3) is 0 Å². The average Bonchev–Trinajstić information content (AvgIpc) is 2.77. The Kier molecular flexibility index (Phi) is 8.38. The van der Waals surface area contributed by atoms with Gasteiger partial charge in [-0.1, -0.05) is 60.1 Å². The van der Waals surface area contributed by atoms with Gasteiger partial charge in [0.15, 0.2) is 0 Å². The quantitative estimate of drug-likeness (QED) is 0.383. The zero-order chi connectivity index (χ0) is 23.1. The molecule has 0 bridgehead atoms. The molecule has 10 heteroatoms. The molecule has 0 spiro atoms. The van der Waals surface area contributed by atoms with Crippen molar-refractivity contribution in [2.24, 2.45) is 0 Å². The van der Waals surface area contributed by atoms with Gasteiger partial charge in [0, 0.05) is 10.2 Å². The van der Waals surface area contributed by atoms with Crippen molar-refractivity contribution in [3.8, 4) is 0 Å². The second kappa shape index (κ2) is 11.0. The molecule has 0 radical (unpaired) electrons. The molecule has 3 aromatic rings. The van der Waals surface area contributed by atoms with Gasteiger partial charge >= 0.3 is 0 Å². The van der Waals surface area contributed by atoms with Crippen molar-refractivity contribution in [3.63, 3.8) is 0 Å². The largest absolute Gasteiger partial charge is 0.375 e. The third-order valence-electron chi connectivity index (χ3n) is 4.32. The number of nitrogens with one attached hydrogen (secondary N) is 2. The number of carbonyl (C=O) groups is 1. The first-order valence-electron chi connectivity index (χ1n) is 9.41. The van der Waals surface area contributed by atoms with Crippen LogP contribution < -0.4 is 10.0 Å². The Balaban J connectivity index is 1.80. The first kappa shape index (κ1) is 24.3. The van der Waals surface area contributed by atoms with Gasteiger partial charge in [-0.15, -0.1) is 0 Å². The molecule has 0 heterocycles. The zero-order valence-corrected chi connectivity index (χ0v) is 19.8. The number of sulfonamides is 1. The van der Waals surface area contributed by atoms with Crippen LogP contribution in [0.1, 0.15) is 5.56 Å². The average molecular weight is 542 g/mol. The van der Waals surface area contributed by atoms with Crippen LogP contribution in [0.3, 0.4) is 0 Å². The summed E-state index contributed by atoms with van der Waals surface area (Å²) >= 11 is 8.91. The van der Waals surface area contributed by atoms with Crippen molar-refractivity contribution in [3.05, 3.63) is 93.7 Å². The van der Waals surface area contributed by atoms with E-state index in [9.17, 15) is 17.6 Å². The number of benzene rings is 3.